The highest BCUT2D eigenvalue weighted by Crippen LogP contribution is 2.30. The number of carbonyl (C=O) groups excluding carboxylic acids is 1. The van der Waals surface area contributed by atoms with Crippen molar-refractivity contribution in [1.29, 1.82) is 5.26 Å². The minimum absolute atomic E-state index is 0.0732. The molecule has 1 aliphatic rings. The fourth-order valence-corrected chi connectivity index (χ4v) is 3.21. The van der Waals surface area contributed by atoms with Gasteiger partial charge in [-0.1, -0.05) is 23.5 Å². The molecule has 112 valence electrons. The number of amides is 1. The predicted molar refractivity (Wildman–Crippen MR) is 85.9 cm³/mol. The molecular formula is C15H15N5OS. The van der Waals surface area contributed by atoms with E-state index in [0.717, 1.165) is 10.4 Å². The van der Waals surface area contributed by atoms with Gasteiger partial charge in [0.2, 0.25) is 5.91 Å². The van der Waals surface area contributed by atoms with Gasteiger partial charge in [-0.25, -0.2) is 4.98 Å². The first kappa shape index (κ1) is 14.4. The number of nitriles is 1. The third-order valence-corrected chi connectivity index (χ3v) is 4.59. The van der Waals surface area contributed by atoms with Gasteiger partial charge in [-0.2, -0.15) is 5.26 Å². The smallest absolute Gasteiger partial charge is 0.231 e. The molecule has 6 nitrogen and oxygen atoms in total. The Labute approximate surface area is 132 Å². The summed E-state index contributed by atoms with van der Waals surface area (Å²) in [5, 5.41) is 12.2. The van der Waals surface area contributed by atoms with Crippen molar-refractivity contribution in [2.24, 2.45) is 5.92 Å². The summed E-state index contributed by atoms with van der Waals surface area (Å²) in [5.41, 5.74) is 7.40. The van der Waals surface area contributed by atoms with Crippen molar-refractivity contribution in [3.8, 4) is 16.6 Å². The van der Waals surface area contributed by atoms with E-state index >= 15 is 0 Å². The maximum atomic E-state index is 12.2. The maximum absolute atomic E-state index is 12.2. The number of nitrogen functional groups attached to an aromatic ring is 1. The van der Waals surface area contributed by atoms with Crippen LogP contribution in [0, 0.1) is 17.4 Å². The van der Waals surface area contributed by atoms with Gasteiger partial charge in [-0.05, 0) is 24.1 Å². The second-order valence-electron chi connectivity index (χ2n) is 5.17. The van der Waals surface area contributed by atoms with Gasteiger partial charge in [0, 0.05) is 25.0 Å². The van der Waals surface area contributed by atoms with E-state index in [1.165, 1.54) is 11.3 Å². The highest BCUT2D eigenvalue weighted by atomic mass is 32.1. The molecule has 1 unspecified atom stereocenters. The van der Waals surface area contributed by atoms with E-state index in [-0.39, 0.29) is 11.8 Å². The zero-order valence-electron chi connectivity index (χ0n) is 11.8. The van der Waals surface area contributed by atoms with Crippen molar-refractivity contribution in [2.75, 3.05) is 24.1 Å². The summed E-state index contributed by atoms with van der Waals surface area (Å²) < 4.78 is 0. The van der Waals surface area contributed by atoms with Crippen molar-refractivity contribution in [3.05, 3.63) is 30.5 Å². The quantitative estimate of drug-likeness (QED) is 0.668. The Morgan fingerprint density at radius 1 is 1.45 bits per heavy atom. The zero-order chi connectivity index (χ0) is 15.5. The summed E-state index contributed by atoms with van der Waals surface area (Å²) in [4.78, 5) is 19.0. The molecule has 3 N–H and O–H groups in total. The zero-order valence-corrected chi connectivity index (χ0v) is 12.6. The largest absolute Gasteiger partial charge is 0.399 e. The lowest BCUT2D eigenvalue weighted by Crippen LogP contribution is -2.25. The number of likely N-dealkylation sites (tertiary alicyclic amines) is 1. The van der Waals surface area contributed by atoms with Crippen molar-refractivity contribution >= 4 is 28.1 Å². The molecule has 22 heavy (non-hydrogen) atoms. The Kier molecular flexibility index (Phi) is 3.94. The topological polar surface area (TPSA) is 95.0 Å². The maximum Gasteiger partial charge on any atom is 0.231 e. The van der Waals surface area contributed by atoms with Crippen LogP contribution in [0.2, 0.25) is 0 Å². The Balaban J connectivity index is 1.66. The van der Waals surface area contributed by atoms with Crippen molar-refractivity contribution in [2.45, 2.75) is 6.42 Å². The minimum atomic E-state index is -0.150. The Bertz CT molecular complexity index is 718. The minimum Gasteiger partial charge on any atom is -0.399 e. The van der Waals surface area contributed by atoms with Crippen LogP contribution in [0.25, 0.3) is 10.4 Å². The number of carbonyl (C=O) groups is 1. The van der Waals surface area contributed by atoms with Crippen LogP contribution in [0.5, 0.6) is 0 Å². The number of nitrogens with two attached hydrogens (primary N) is 1. The second-order valence-corrected chi connectivity index (χ2v) is 6.20. The molecule has 3 rings (SSSR count). The molecule has 0 radical (unpaired) electrons. The number of benzene rings is 1. The molecule has 0 aliphatic carbocycles. The summed E-state index contributed by atoms with van der Waals surface area (Å²) >= 11 is 1.42. The SMILES string of the molecule is N#CN1CCC(C(=O)Nc2ncc(-c3ccc(N)cc3)s2)C1. The van der Waals surface area contributed by atoms with Crippen LogP contribution >= 0.6 is 11.3 Å². The van der Waals surface area contributed by atoms with E-state index in [1.807, 2.05) is 24.3 Å². The molecular weight excluding hydrogens is 298 g/mol. The van der Waals surface area contributed by atoms with Crippen molar-refractivity contribution in [3.63, 3.8) is 0 Å². The number of nitrogens with one attached hydrogen (secondary N) is 1. The fraction of sp³-hybridized carbons (Fsp3) is 0.267. The molecule has 7 heteroatoms. The number of aromatic nitrogens is 1. The first-order valence-electron chi connectivity index (χ1n) is 6.93. The Morgan fingerprint density at radius 3 is 2.91 bits per heavy atom. The van der Waals surface area contributed by atoms with Crippen LogP contribution in [0.15, 0.2) is 30.5 Å². The molecule has 1 amide bonds. The van der Waals surface area contributed by atoms with Gasteiger partial charge in [0.1, 0.15) is 0 Å². The van der Waals surface area contributed by atoms with Crippen LogP contribution in [-0.2, 0) is 4.79 Å². The average Bonchev–Trinajstić information content (AvgIpc) is 3.17. The lowest BCUT2D eigenvalue weighted by molar-refractivity contribution is -0.119. The molecule has 1 atom stereocenters. The number of anilines is 2. The van der Waals surface area contributed by atoms with Crippen molar-refractivity contribution in [1.82, 2.24) is 9.88 Å². The number of hydrogen-bond acceptors (Lipinski definition) is 6. The first-order valence-corrected chi connectivity index (χ1v) is 7.74. The summed E-state index contributed by atoms with van der Waals surface area (Å²) in [6.45, 7) is 1.13. The third-order valence-electron chi connectivity index (χ3n) is 3.63. The Hall–Kier alpha value is -2.59. The highest BCUT2D eigenvalue weighted by molar-refractivity contribution is 7.19. The standard InChI is InChI=1S/C15H15N5OS/c16-9-20-6-5-11(8-20)14(21)19-15-18-7-13(22-15)10-1-3-12(17)4-2-10/h1-4,7,11H,5-6,8,17H2,(H,18,19,21). The normalized spacial score (nSPS) is 17.2. The summed E-state index contributed by atoms with van der Waals surface area (Å²) in [7, 11) is 0. The van der Waals surface area contributed by atoms with Crippen LogP contribution < -0.4 is 11.1 Å². The third kappa shape index (κ3) is 3.02. The molecule has 1 saturated heterocycles. The van der Waals surface area contributed by atoms with Gasteiger partial charge in [0.15, 0.2) is 11.3 Å². The van der Waals surface area contributed by atoms with Gasteiger partial charge in [-0.15, -0.1) is 0 Å². The lowest BCUT2D eigenvalue weighted by Gasteiger charge is -2.08. The van der Waals surface area contributed by atoms with Crippen LogP contribution in [0.3, 0.4) is 0 Å². The summed E-state index contributed by atoms with van der Waals surface area (Å²) in [5.74, 6) is -0.223. The Morgan fingerprint density at radius 2 is 2.23 bits per heavy atom. The molecule has 1 fully saturated rings. The molecule has 1 aromatic carbocycles. The summed E-state index contributed by atoms with van der Waals surface area (Å²) in [6, 6.07) is 7.52. The van der Waals surface area contributed by atoms with E-state index in [4.69, 9.17) is 11.0 Å². The number of thiazole rings is 1. The average molecular weight is 313 g/mol. The van der Waals surface area contributed by atoms with E-state index in [1.54, 1.807) is 11.1 Å². The molecule has 1 aliphatic heterocycles. The molecule has 0 spiro atoms. The van der Waals surface area contributed by atoms with E-state index in [0.29, 0.717) is 30.3 Å². The van der Waals surface area contributed by atoms with Gasteiger partial charge < -0.3 is 16.0 Å². The number of rotatable bonds is 3. The highest BCUT2D eigenvalue weighted by Gasteiger charge is 2.28. The van der Waals surface area contributed by atoms with E-state index < -0.39 is 0 Å². The van der Waals surface area contributed by atoms with E-state index in [9.17, 15) is 4.79 Å². The fourth-order valence-electron chi connectivity index (χ4n) is 2.39. The van der Waals surface area contributed by atoms with Gasteiger partial charge in [0.25, 0.3) is 0 Å². The van der Waals surface area contributed by atoms with Gasteiger partial charge >= 0.3 is 0 Å². The van der Waals surface area contributed by atoms with Crippen LogP contribution in [-0.4, -0.2) is 28.9 Å². The molecule has 0 saturated carbocycles. The van der Waals surface area contributed by atoms with Crippen LogP contribution in [0.4, 0.5) is 10.8 Å². The van der Waals surface area contributed by atoms with Crippen LogP contribution in [0.1, 0.15) is 6.42 Å². The lowest BCUT2D eigenvalue weighted by atomic mass is 10.1. The second kappa shape index (κ2) is 6.03. The predicted octanol–water partition coefficient (Wildman–Crippen LogP) is 2.13. The van der Waals surface area contributed by atoms with Gasteiger partial charge in [0.05, 0.1) is 10.8 Å². The summed E-state index contributed by atoms with van der Waals surface area (Å²) in [6.07, 6.45) is 4.51. The monoisotopic (exact) mass is 313 g/mol. The molecule has 1 aromatic heterocycles. The van der Waals surface area contributed by atoms with E-state index in [2.05, 4.69) is 16.5 Å². The molecule has 2 heterocycles. The molecule has 2 aromatic rings. The number of nitrogens with zero attached hydrogens (tertiary/aromatic N) is 3. The van der Waals surface area contributed by atoms with Gasteiger partial charge in [-0.3, -0.25) is 4.79 Å². The first-order chi connectivity index (χ1) is 10.7. The molecule has 0 bridgehead atoms. The number of hydrogen-bond donors (Lipinski definition) is 2. The van der Waals surface area contributed by atoms with Crippen molar-refractivity contribution < 1.29 is 4.79 Å².